The lowest BCUT2D eigenvalue weighted by Gasteiger charge is -2.24. The Morgan fingerprint density at radius 2 is 1.15 bits per heavy atom. The molecule has 0 spiro atoms. The van der Waals surface area contributed by atoms with Crippen LogP contribution < -0.4 is 18.9 Å². The number of benzene rings is 3. The Kier molecular flexibility index (Phi) is 6.45. The van der Waals surface area contributed by atoms with E-state index in [-0.39, 0.29) is 17.8 Å². The van der Waals surface area contributed by atoms with Crippen LogP contribution in [0.5, 0.6) is 23.0 Å². The summed E-state index contributed by atoms with van der Waals surface area (Å²) in [6.07, 6.45) is 0. The zero-order valence-corrected chi connectivity index (χ0v) is 19.5. The molecule has 4 rings (SSSR count). The van der Waals surface area contributed by atoms with Gasteiger partial charge >= 0.3 is 5.97 Å². The van der Waals surface area contributed by atoms with Crippen molar-refractivity contribution in [3.8, 4) is 23.0 Å². The van der Waals surface area contributed by atoms with E-state index in [0.29, 0.717) is 23.0 Å². The lowest BCUT2D eigenvalue weighted by atomic mass is 9.79. The van der Waals surface area contributed by atoms with Gasteiger partial charge in [-0.05, 0) is 46.5 Å². The number of ether oxygens (including phenoxy) is 5. The van der Waals surface area contributed by atoms with Gasteiger partial charge < -0.3 is 23.7 Å². The van der Waals surface area contributed by atoms with Gasteiger partial charge in [0.2, 0.25) is 0 Å². The zero-order valence-electron chi connectivity index (χ0n) is 19.5. The van der Waals surface area contributed by atoms with E-state index in [1.54, 1.807) is 28.4 Å². The summed E-state index contributed by atoms with van der Waals surface area (Å²) in [4.78, 5) is 13.3. The van der Waals surface area contributed by atoms with Gasteiger partial charge in [-0.3, -0.25) is 4.79 Å². The topological polar surface area (TPSA) is 63.2 Å². The fourth-order valence-corrected chi connectivity index (χ4v) is 4.88. The van der Waals surface area contributed by atoms with Crippen LogP contribution in [-0.2, 0) is 9.53 Å². The summed E-state index contributed by atoms with van der Waals surface area (Å²) < 4.78 is 27.6. The number of hydrogen-bond acceptors (Lipinski definition) is 6. The molecule has 3 atom stereocenters. The van der Waals surface area contributed by atoms with Gasteiger partial charge in [-0.1, -0.05) is 30.3 Å². The van der Waals surface area contributed by atoms with E-state index in [1.807, 2.05) is 60.7 Å². The molecule has 0 bridgehead atoms. The SMILES string of the molecule is COC(=O)[C@@H]1[C@H](c2ccccc2)c2cc(OC)c(OC)cc2[C@H]1c1cc(OC)cc(OC)c1. The second-order valence-electron chi connectivity index (χ2n) is 7.90. The van der Waals surface area contributed by atoms with Gasteiger partial charge in [-0.2, -0.15) is 0 Å². The Bertz CT molecular complexity index is 1120. The van der Waals surface area contributed by atoms with Crippen molar-refractivity contribution in [2.75, 3.05) is 35.5 Å². The summed E-state index contributed by atoms with van der Waals surface area (Å²) in [5.74, 6) is 1.21. The molecule has 3 aromatic rings. The van der Waals surface area contributed by atoms with Gasteiger partial charge in [0.05, 0.1) is 41.5 Å². The number of methoxy groups -OCH3 is 5. The first-order valence-electron chi connectivity index (χ1n) is 10.7. The van der Waals surface area contributed by atoms with Crippen molar-refractivity contribution in [1.29, 1.82) is 0 Å². The van der Waals surface area contributed by atoms with Gasteiger partial charge in [0.25, 0.3) is 0 Å². The monoisotopic (exact) mass is 448 g/mol. The van der Waals surface area contributed by atoms with E-state index < -0.39 is 5.92 Å². The molecule has 0 unspecified atom stereocenters. The predicted octanol–water partition coefficient (Wildman–Crippen LogP) is 4.79. The molecule has 0 heterocycles. The Hall–Kier alpha value is -3.67. The molecule has 3 aromatic carbocycles. The first-order chi connectivity index (χ1) is 16.1. The number of rotatable bonds is 7. The molecule has 172 valence electrons. The third-order valence-electron chi connectivity index (χ3n) is 6.34. The van der Waals surface area contributed by atoms with Crippen molar-refractivity contribution in [3.63, 3.8) is 0 Å². The highest BCUT2D eigenvalue weighted by atomic mass is 16.5. The minimum atomic E-state index is -0.499. The van der Waals surface area contributed by atoms with Gasteiger partial charge in [0.15, 0.2) is 11.5 Å². The highest BCUT2D eigenvalue weighted by molar-refractivity contribution is 5.80. The Morgan fingerprint density at radius 1 is 0.636 bits per heavy atom. The van der Waals surface area contributed by atoms with Gasteiger partial charge in [0.1, 0.15) is 11.5 Å². The standard InChI is InChI=1S/C27H28O6/c1-29-18-11-17(12-19(13-18)30-2)25-21-15-23(32-4)22(31-3)14-20(21)24(26(25)27(28)33-5)16-9-7-6-8-10-16/h6-15,24-26H,1-5H3/t24-,25-,26-/m1/s1. The van der Waals surface area contributed by atoms with E-state index >= 15 is 0 Å². The van der Waals surface area contributed by atoms with Crippen LogP contribution in [0, 0.1) is 5.92 Å². The maximum atomic E-state index is 13.3. The Morgan fingerprint density at radius 3 is 1.61 bits per heavy atom. The average Bonchev–Trinajstić information content (AvgIpc) is 3.21. The van der Waals surface area contributed by atoms with Crippen LogP contribution in [0.2, 0.25) is 0 Å². The van der Waals surface area contributed by atoms with Gasteiger partial charge in [-0.25, -0.2) is 0 Å². The third-order valence-corrected chi connectivity index (χ3v) is 6.34. The second kappa shape index (κ2) is 9.45. The van der Waals surface area contributed by atoms with E-state index in [2.05, 4.69) is 0 Å². The van der Waals surface area contributed by atoms with Crippen LogP contribution in [0.15, 0.2) is 60.7 Å². The molecule has 1 aliphatic rings. The molecule has 1 aliphatic carbocycles. The first kappa shape index (κ1) is 22.5. The third kappa shape index (κ3) is 3.97. The summed E-state index contributed by atoms with van der Waals surface area (Å²) in [5.41, 5.74) is 3.90. The molecule has 6 heteroatoms. The molecule has 0 amide bonds. The highest BCUT2D eigenvalue weighted by Gasteiger charge is 2.48. The Balaban J connectivity index is 2.02. The highest BCUT2D eigenvalue weighted by Crippen LogP contribution is 2.55. The summed E-state index contributed by atoms with van der Waals surface area (Å²) in [5, 5.41) is 0. The number of hydrogen-bond donors (Lipinski definition) is 0. The first-order valence-corrected chi connectivity index (χ1v) is 10.7. The maximum Gasteiger partial charge on any atom is 0.310 e. The van der Waals surface area contributed by atoms with Crippen LogP contribution >= 0.6 is 0 Å². The molecule has 6 nitrogen and oxygen atoms in total. The number of carbonyl (C=O) groups excluding carboxylic acids is 1. The van der Waals surface area contributed by atoms with E-state index in [1.165, 1.54) is 7.11 Å². The predicted molar refractivity (Wildman–Crippen MR) is 125 cm³/mol. The largest absolute Gasteiger partial charge is 0.497 e. The molecule has 0 saturated heterocycles. The molecular formula is C27H28O6. The minimum absolute atomic E-state index is 0.226. The minimum Gasteiger partial charge on any atom is -0.497 e. The fraction of sp³-hybridized carbons (Fsp3) is 0.296. The number of esters is 1. The molecule has 0 fully saturated rings. The summed E-state index contributed by atoms with van der Waals surface area (Å²) >= 11 is 0. The summed E-state index contributed by atoms with van der Waals surface area (Å²) in [6.45, 7) is 0. The van der Waals surface area contributed by atoms with Crippen LogP contribution in [0.25, 0.3) is 0 Å². The van der Waals surface area contributed by atoms with Crippen molar-refractivity contribution in [1.82, 2.24) is 0 Å². The molecule has 0 radical (unpaired) electrons. The summed E-state index contributed by atoms with van der Waals surface area (Å²) in [7, 11) is 7.87. The van der Waals surface area contributed by atoms with Crippen LogP contribution in [0.3, 0.4) is 0 Å². The maximum absolute atomic E-state index is 13.3. The second-order valence-corrected chi connectivity index (χ2v) is 7.90. The smallest absolute Gasteiger partial charge is 0.310 e. The van der Waals surface area contributed by atoms with Crippen molar-refractivity contribution < 1.29 is 28.5 Å². The zero-order chi connectivity index (χ0) is 23.5. The Labute approximate surface area is 194 Å². The van der Waals surface area contributed by atoms with E-state index in [0.717, 1.165) is 22.3 Å². The van der Waals surface area contributed by atoms with Crippen LogP contribution in [-0.4, -0.2) is 41.5 Å². The van der Waals surface area contributed by atoms with Crippen molar-refractivity contribution in [2.45, 2.75) is 11.8 Å². The van der Waals surface area contributed by atoms with Gasteiger partial charge in [0, 0.05) is 17.9 Å². The van der Waals surface area contributed by atoms with Crippen molar-refractivity contribution in [2.24, 2.45) is 5.92 Å². The lowest BCUT2D eigenvalue weighted by Crippen LogP contribution is -2.25. The molecule has 0 saturated carbocycles. The molecular weight excluding hydrogens is 420 g/mol. The van der Waals surface area contributed by atoms with Crippen LogP contribution in [0.4, 0.5) is 0 Å². The van der Waals surface area contributed by atoms with E-state index in [9.17, 15) is 4.79 Å². The molecule has 0 N–H and O–H groups in total. The van der Waals surface area contributed by atoms with Gasteiger partial charge in [-0.15, -0.1) is 0 Å². The quantitative estimate of drug-likeness (QED) is 0.485. The van der Waals surface area contributed by atoms with Crippen LogP contribution in [0.1, 0.15) is 34.1 Å². The molecule has 33 heavy (non-hydrogen) atoms. The molecule has 0 aromatic heterocycles. The van der Waals surface area contributed by atoms with Crippen molar-refractivity contribution in [3.05, 3.63) is 82.9 Å². The number of fused-ring (bicyclic) bond motifs is 1. The van der Waals surface area contributed by atoms with Crippen molar-refractivity contribution >= 4 is 5.97 Å². The lowest BCUT2D eigenvalue weighted by molar-refractivity contribution is -0.146. The normalized spacial score (nSPS) is 18.9. The molecule has 0 aliphatic heterocycles. The fourth-order valence-electron chi connectivity index (χ4n) is 4.88. The average molecular weight is 449 g/mol. The summed E-state index contributed by atoms with van der Waals surface area (Å²) in [6, 6.07) is 19.6. The number of carbonyl (C=O) groups is 1. The van der Waals surface area contributed by atoms with E-state index in [4.69, 9.17) is 23.7 Å².